The van der Waals surface area contributed by atoms with E-state index in [9.17, 15) is 18.0 Å². The lowest BCUT2D eigenvalue weighted by Crippen LogP contribution is -2.49. The number of pyridine rings is 1. The molecule has 1 saturated heterocycles. The topological polar surface area (TPSA) is 83.5 Å². The molecule has 11 heteroatoms. The Bertz CT molecular complexity index is 1070. The molecule has 0 atom stereocenters. The second kappa shape index (κ2) is 9.08. The van der Waals surface area contributed by atoms with Gasteiger partial charge < -0.3 is 19.9 Å². The zero-order valence-corrected chi connectivity index (χ0v) is 16.8. The molecule has 8 nitrogen and oxygen atoms in total. The van der Waals surface area contributed by atoms with Gasteiger partial charge in [-0.2, -0.15) is 0 Å². The van der Waals surface area contributed by atoms with Crippen molar-refractivity contribution in [3.05, 3.63) is 66.6 Å². The Kier molecular flexibility index (Phi) is 6.06. The average Bonchev–Trinajstić information content (AvgIpc) is 2.79. The number of para-hydroxylation sites is 1. The summed E-state index contributed by atoms with van der Waals surface area (Å²) in [6.45, 7) is 1.58. The Hall–Kier alpha value is -3.89. The molecule has 1 N–H and O–H groups in total. The maximum atomic E-state index is 12.8. The quantitative estimate of drug-likeness (QED) is 0.645. The summed E-state index contributed by atoms with van der Waals surface area (Å²) < 4.78 is 42.0. The number of hydrogen-bond donors (Lipinski definition) is 1. The minimum atomic E-state index is -4.87. The van der Waals surface area contributed by atoms with Crippen molar-refractivity contribution < 1.29 is 22.7 Å². The summed E-state index contributed by atoms with van der Waals surface area (Å²) in [4.78, 5) is 29.0. The Morgan fingerprint density at radius 3 is 2.41 bits per heavy atom. The molecule has 0 bridgehead atoms. The molecule has 0 aliphatic carbocycles. The van der Waals surface area contributed by atoms with Gasteiger partial charge in [0, 0.05) is 38.4 Å². The fourth-order valence-electron chi connectivity index (χ4n) is 3.32. The number of benzene rings is 1. The van der Waals surface area contributed by atoms with E-state index in [2.05, 4.69) is 25.0 Å². The molecule has 1 aromatic carbocycles. The molecule has 2 aromatic heterocycles. The number of anilines is 3. The summed E-state index contributed by atoms with van der Waals surface area (Å²) in [5, 5.41) is 3.10. The number of nitrogens with zero attached hydrogens (tertiary/aromatic N) is 5. The van der Waals surface area contributed by atoms with Gasteiger partial charge in [0.25, 0.3) is 5.91 Å². The van der Waals surface area contributed by atoms with Gasteiger partial charge in [-0.05, 0) is 24.3 Å². The largest absolute Gasteiger partial charge is 0.573 e. The van der Waals surface area contributed by atoms with E-state index >= 15 is 0 Å². The number of halogens is 3. The van der Waals surface area contributed by atoms with E-state index in [1.807, 2.05) is 23.1 Å². The van der Waals surface area contributed by atoms with E-state index in [1.165, 1.54) is 29.4 Å². The number of carbonyl (C=O) groups excluding carboxylic acids is 1. The number of aromatic nitrogens is 3. The first-order chi connectivity index (χ1) is 15.4. The minimum Gasteiger partial charge on any atom is -0.405 e. The SMILES string of the molecule is O=C(c1ccccc1OC(F)(F)F)N1CCN(c2cc(Nc3ccccn3)ncn2)CC1. The third kappa shape index (κ3) is 5.23. The summed E-state index contributed by atoms with van der Waals surface area (Å²) in [5.41, 5.74) is -0.123. The van der Waals surface area contributed by atoms with Gasteiger partial charge in [0.05, 0.1) is 5.56 Å². The lowest BCUT2D eigenvalue weighted by molar-refractivity contribution is -0.274. The van der Waals surface area contributed by atoms with Crippen LogP contribution in [0.15, 0.2) is 61.1 Å². The van der Waals surface area contributed by atoms with E-state index in [4.69, 9.17) is 0 Å². The van der Waals surface area contributed by atoms with Gasteiger partial charge in [0.1, 0.15) is 29.5 Å². The van der Waals surface area contributed by atoms with E-state index in [0.29, 0.717) is 43.6 Å². The van der Waals surface area contributed by atoms with Crippen LogP contribution in [0, 0.1) is 0 Å². The molecule has 1 aliphatic rings. The Labute approximate surface area is 181 Å². The van der Waals surface area contributed by atoms with Crippen LogP contribution in [0.2, 0.25) is 0 Å². The summed E-state index contributed by atoms with van der Waals surface area (Å²) in [6, 6.07) is 12.6. The molecule has 166 valence electrons. The van der Waals surface area contributed by atoms with Crippen LogP contribution in [0.25, 0.3) is 0 Å². The zero-order valence-electron chi connectivity index (χ0n) is 16.8. The number of alkyl halides is 3. The predicted molar refractivity (Wildman–Crippen MR) is 111 cm³/mol. The lowest BCUT2D eigenvalue weighted by atomic mass is 10.1. The van der Waals surface area contributed by atoms with Crippen LogP contribution in [-0.4, -0.2) is 58.3 Å². The highest BCUT2D eigenvalue weighted by atomic mass is 19.4. The van der Waals surface area contributed by atoms with Crippen molar-refractivity contribution in [2.24, 2.45) is 0 Å². The first-order valence-electron chi connectivity index (χ1n) is 9.78. The molecule has 4 rings (SSSR count). The van der Waals surface area contributed by atoms with Gasteiger partial charge in [0.2, 0.25) is 0 Å². The van der Waals surface area contributed by atoms with Crippen LogP contribution >= 0.6 is 0 Å². The number of nitrogens with one attached hydrogen (secondary N) is 1. The van der Waals surface area contributed by atoms with Crippen molar-refractivity contribution >= 4 is 23.4 Å². The second-order valence-electron chi connectivity index (χ2n) is 6.92. The Morgan fingerprint density at radius 1 is 0.938 bits per heavy atom. The van der Waals surface area contributed by atoms with Gasteiger partial charge in [-0.25, -0.2) is 15.0 Å². The first kappa shape index (κ1) is 21.3. The number of piperazine rings is 1. The van der Waals surface area contributed by atoms with Crippen molar-refractivity contribution in [3.63, 3.8) is 0 Å². The predicted octanol–water partition coefficient (Wildman–Crippen LogP) is 3.48. The Balaban J connectivity index is 1.41. The van der Waals surface area contributed by atoms with Gasteiger partial charge in [-0.1, -0.05) is 18.2 Å². The highest BCUT2D eigenvalue weighted by Crippen LogP contribution is 2.28. The van der Waals surface area contributed by atoms with Crippen LogP contribution in [0.4, 0.5) is 30.6 Å². The van der Waals surface area contributed by atoms with E-state index < -0.39 is 18.0 Å². The number of carbonyl (C=O) groups is 1. The monoisotopic (exact) mass is 444 g/mol. The number of amides is 1. The molecule has 0 radical (unpaired) electrons. The summed E-state index contributed by atoms with van der Waals surface area (Å²) in [7, 11) is 0. The molecule has 0 spiro atoms. The fraction of sp³-hybridized carbons (Fsp3) is 0.238. The number of hydrogen-bond acceptors (Lipinski definition) is 7. The molecule has 1 fully saturated rings. The molecule has 0 saturated carbocycles. The average molecular weight is 444 g/mol. The highest BCUT2D eigenvalue weighted by molar-refractivity contribution is 5.97. The molecule has 32 heavy (non-hydrogen) atoms. The molecular formula is C21H19F3N6O2. The molecule has 0 unspecified atom stereocenters. The van der Waals surface area contributed by atoms with Crippen LogP contribution in [-0.2, 0) is 0 Å². The smallest absolute Gasteiger partial charge is 0.405 e. The standard InChI is InChI=1S/C21H19F3N6O2/c22-21(23,24)32-16-6-2-1-5-15(16)20(31)30-11-9-29(10-12-30)19-13-18(26-14-27-19)28-17-7-3-4-8-25-17/h1-8,13-14H,9-12H2,(H,25,26,27,28). The van der Waals surface area contributed by atoms with Crippen LogP contribution in [0.3, 0.4) is 0 Å². The van der Waals surface area contributed by atoms with Crippen molar-refractivity contribution in [1.82, 2.24) is 19.9 Å². The van der Waals surface area contributed by atoms with Gasteiger partial charge in [-0.3, -0.25) is 4.79 Å². The van der Waals surface area contributed by atoms with Crippen LogP contribution in [0.1, 0.15) is 10.4 Å². The molecule has 3 heterocycles. The third-order valence-electron chi connectivity index (χ3n) is 4.81. The maximum Gasteiger partial charge on any atom is 0.573 e. The minimum absolute atomic E-state index is 0.123. The van der Waals surface area contributed by atoms with Gasteiger partial charge in [-0.15, -0.1) is 13.2 Å². The molecule has 3 aromatic rings. The van der Waals surface area contributed by atoms with Crippen molar-refractivity contribution in [1.29, 1.82) is 0 Å². The fourth-order valence-corrected chi connectivity index (χ4v) is 3.32. The molecular weight excluding hydrogens is 425 g/mol. The van der Waals surface area contributed by atoms with E-state index in [-0.39, 0.29) is 5.56 Å². The normalized spacial score (nSPS) is 14.2. The second-order valence-corrected chi connectivity index (χ2v) is 6.92. The van der Waals surface area contributed by atoms with Crippen LogP contribution in [0.5, 0.6) is 5.75 Å². The van der Waals surface area contributed by atoms with E-state index in [0.717, 1.165) is 6.07 Å². The summed E-state index contributed by atoms with van der Waals surface area (Å²) in [5.74, 6) is 0.877. The summed E-state index contributed by atoms with van der Waals surface area (Å²) >= 11 is 0. The van der Waals surface area contributed by atoms with Crippen molar-refractivity contribution in [2.75, 3.05) is 36.4 Å². The Morgan fingerprint density at radius 2 is 1.69 bits per heavy atom. The van der Waals surface area contributed by atoms with Crippen LogP contribution < -0.4 is 15.0 Å². The maximum absolute atomic E-state index is 12.8. The highest BCUT2D eigenvalue weighted by Gasteiger charge is 2.34. The third-order valence-corrected chi connectivity index (χ3v) is 4.81. The zero-order chi connectivity index (χ0) is 22.6. The van der Waals surface area contributed by atoms with Crippen molar-refractivity contribution in [3.8, 4) is 5.75 Å². The number of rotatable bonds is 5. The van der Waals surface area contributed by atoms with Gasteiger partial charge in [0.15, 0.2) is 0 Å². The van der Waals surface area contributed by atoms with Crippen molar-refractivity contribution in [2.45, 2.75) is 6.36 Å². The number of ether oxygens (including phenoxy) is 1. The molecule has 1 aliphatic heterocycles. The molecule has 1 amide bonds. The first-order valence-corrected chi connectivity index (χ1v) is 9.78. The van der Waals surface area contributed by atoms with Gasteiger partial charge >= 0.3 is 6.36 Å². The lowest BCUT2D eigenvalue weighted by Gasteiger charge is -2.35. The summed E-state index contributed by atoms with van der Waals surface area (Å²) in [6.07, 6.45) is -1.77. The van der Waals surface area contributed by atoms with E-state index in [1.54, 1.807) is 12.3 Å².